The summed E-state index contributed by atoms with van der Waals surface area (Å²) in [6.07, 6.45) is 1.01. The van der Waals surface area contributed by atoms with E-state index in [0.29, 0.717) is 47.5 Å². The molecule has 1 aromatic carbocycles. The summed E-state index contributed by atoms with van der Waals surface area (Å²) < 4.78 is 11.6. The molecule has 1 aliphatic heterocycles. The van der Waals surface area contributed by atoms with Gasteiger partial charge in [-0.25, -0.2) is 0 Å². The molecule has 5 nitrogen and oxygen atoms in total. The van der Waals surface area contributed by atoms with Crippen LogP contribution in [0.3, 0.4) is 0 Å². The summed E-state index contributed by atoms with van der Waals surface area (Å²) in [5.74, 6) is -0.00865. The second kappa shape index (κ2) is 5.39. The third-order valence-corrected chi connectivity index (χ3v) is 3.31. The van der Waals surface area contributed by atoms with Gasteiger partial charge in [0.15, 0.2) is 17.8 Å². The molecule has 2 rings (SSSR count). The van der Waals surface area contributed by atoms with Gasteiger partial charge < -0.3 is 14.6 Å². The Morgan fingerprint density at radius 2 is 2.06 bits per heavy atom. The first kappa shape index (κ1) is 12.9. The highest BCUT2D eigenvalue weighted by atomic mass is 79.9. The normalized spacial score (nSPS) is 13.2. The summed E-state index contributed by atoms with van der Waals surface area (Å²) in [6.45, 7) is 0.773. The summed E-state index contributed by atoms with van der Waals surface area (Å²) in [5, 5.41) is 8.73. The standard InChI is InChI=1S/C12H11BrO5/c13-9-5-7(6-14)11-12(18-4-3-17-11)8(9)1-2-10(15)16/h5-6H,1-4H2,(H,15,16). The van der Waals surface area contributed by atoms with E-state index in [9.17, 15) is 9.59 Å². The third kappa shape index (κ3) is 2.48. The third-order valence-electron chi connectivity index (χ3n) is 2.60. The molecular weight excluding hydrogens is 304 g/mol. The number of rotatable bonds is 4. The van der Waals surface area contributed by atoms with E-state index >= 15 is 0 Å². The number of benzene rings is 1. The van der Waals surface area contributed by atoms with Gasteiger partial charge in [-0.05, 0) is 12.5 Å². The van der Waals surface area contributed by atoms with E-state index in [2.05, 4.69) is 15.9 Å². The van der Waals surface area contributed by atoms with E-state index in [1.807, 2.05) is 0 Å². The molecule has 96 valence electrons. The van der Waals surface area contributed by atoms with Gasteiger partial charge in [0, 0.05) is 16.5 Å². The van der Waals surface area contributed by atoms with Gasteiger partial charge in [0.2, 0.25) is 0 Å². The molecule has 0 atom stereocenters. The van der Waals surface area contributed by atoms with Crippen molar-refractivity contribution in [3.63, 3.8) is 0 Å². The number of carboxylic acid groups (broad SMARTS) is 1. The fourth-order valence-electron chi connectivity index (χ4n) is 1.81. The molecule has 0 fully saturated rings. The summed E-state index contributed by atoms with van der Waals surface area (Å²) in [5.41, 5.74) is 1.12. The van der Waals surface area contributed by atoms with Crippen LogP contribution >= 0.6 is 15.9 Å². The van der Waals surface area contributed by atoms with Gasteiger partial charge in [-0.2, -0.15) is 0 Å². The first-order valence-electron chi connectivity index (χ1n) is 5.41. The van der Waals surface area contributed by atoms with Crippen molar-refractivity contribution in [2.75, 3.05) is 13.2 Å². The Bertz CT molecular complexity index is 498. The Labute approximate surface area is 112 Å². The lowest BCUT2D eigenvalue weighted by Gasteiger charge is -2.23. The lowest BCUT2D eigenvalue weighted by molar-refractivity contribution is -0.136. The van der Waals surface area contributed by atoms with Gasteiger partial charge in [-0.1, -0.05) is 15.9 Å². The molecule has 0 amide bonds. The topological polar surface area (TPSA) is 72.8 Å². The first-order chi connectivity index (χ1) is 8.63. The van der Waals surface area contributed by atoms with Gasteiger partial charge in [0.1, 0.15) is 13.2 Å². The van der Waals surface area contributed by atoms with Gasteiger partial charge in [0.05, 0.1) is 5.56 Å². The van der Waals surface area contributed by atoms with Crippen LogP contribution in [0.5, 0.6) is 11.5 Å². The minimum Gasteiger partial charge on any atom is -0.486 e. The summed E-state index contributed by atoms with van der Waals surface area (Å²) in [6, 6.07) is 1.62. The van der Waals surface area contributed by atoms with Crippen LogP contribution in [0.2, 0.25) is 0 Å². The molecule has 0 unspecified atom stereocenters. The first-order valence-corrected chi connectivity index (χ1v) is 6.20. The van der Waals surface area contributed by atoms with Gasteiger partial charge >= 0.3 is 5.97 Å². The van der Waals surface area contributed by atoms with E-state index in [1.54, 1.807) is 6.07 Å². The molecule has 0 aliphatic carbocycles. The van der Waals surface area contributed by atoms with E-state index in [4.69, 9.17) is 14.6 Å². The Hall–Kier alpha value is -1.56. The molecule has 0 saturated heterocycles. The number of carboxylic acids is 1. The molecule has 1 heterocycles. The fourth-order valence-corrected chi connectivity index (χ4v) is 2.43. The number of fused-ring (bicyclic) bond motifs is 1. The zero-order valence-corrected chi connectivity index (χ0v) is 11.0. The molecule has 18 heavy (non-hydrogen) atoms. The van der Waals surface area contributed by atoms with Crippen molar-refractivity contribution >= 4 is 28.2 Å². The molecule has 6 heteroatoms. The molecule has 1 aliphatic rings. The monoisotopic (exact) mass is 314 g/mol. The minimum absolute atomic E-state index is 0.00512. The van der Waals surface area contributed by atoms with Crippen LogP contribution in [0.1, 0.15) is 22.3 Å². The van der Waals surface area contributed by atoms with Crippen LogP contribution in [0, 0.1) is 0 Å². The number of aldehydes is 1. The lowest BCUT2D eigenvalue weighted by Crippen LogP contribution is -2.18. The Morgan fingerprint density at radius 1 is 1.39 bits per heavy atom. The molecule has 0 radical (unpaired) electrons. The average Bonchev–Trinajstić information content (AvgIpc) is 2.36. The van der Waals surface area contributed by atoms with Gasteiger partial charge in [0.25, 0.3) is 0 Å². The van der Waals surface area contributed by atoms with Crippen molar-refractivity contribution in [2.24, 2.45) is 0 Å². The quantitative estimate of drug-likeness (QED) is 0.861. The predicted octanol–water partition coefficient (Wildman–Crippen LogP) is 2.05. The second-order valence-corrected chi connectivity index (χ2v) is 4.65. The maximum absolute atomic E-state index is 11.0. The van der Waals surface area contributed by atoms with Crippen LogP contribution in [-0.4, -0.2) is 30.6 Å². The Balaban J connectivity index is 2.44. The molecule has 0 bridgehead atoms. The number of ether oxygens (including phenoxy) is 2. The Morgan fingerprint density at radius 3 is 2.67 bits per heavy atom. The summed E-state index contributed by atoms with van der Waals surface area (Å²) in [4.78, 5) is 21.6. The largest absolute Gasteiger partial charge is 0.486 e. The van der Waals surface area contributed by atoms with E-state index in [-0.39, 0.29) is 6.42 Å². The number of hydrogen-bond acceptors (Lipinski definition) is 4. The van der Waals surface area contributed by atoms with E-state index < -0.39 is 5.97 Å². The SMILES string of the molecule is O=Cc1cc(Br)c(CCC(=O)O)c2c1OCCO2. The molecule has 0 aromatic heterocycles. The van der Waals surface area contributed by atoms with E-state index in [0.717, 1.165) is 5.56 Å². The van der Waals surface area contributed by atoms with Crippen LogP contribution in [0.15, 0.2) is 10.5 Å². The maximum atomic E-state index is 11.0. The van der Waals surface area contributed by atoms with Crippen LogP contribution in [0.25, 0.3) is 0 Å². The van der Waals surface area contributed by atoms with E-state index in [1.165, 1.54) is 0 Å². The predicted molar refractivity (Wildman–Crippen MR) is 66.5 cm³/mol. The number of hydrogen-bond donors (Lipinski definition) is 1. The smallest absolute Gasteiger partial charge is 0.303 e. The maximum Gasteiger partial charge on any atom is 0.303 e. The highest BCUT2D eigenvalue weighted by Gasteiger charge is 2.22. The highest BCUT2D eigenvalue weighted by Crippen LogP contribution is 2.41. The van der Waals surface area contributed by atoms with Crippen LogP contribution in [0.4, 0.5) is 0 Å². The molecular formula is C12H11BrO5. The number of carbonyl (C=O) groups is 2. The van der Waals surface area contributed by atoms with Crippen molar-refractivity contribution in [3.05, 3.63) is 21.7 Å². The number of aliphatic carboxylic acids is 1. The summed E-state index contributed by atoms with van der Waals surface area (Å²) in [7, 11) is 0. The minimum atomic E-state index is -0.883. The van der Waals surface area contributed by atoms with Gasteiger partial charge in [-0.3, -0.25) is 9.59 Å². The average molecular weight is 315 g/mol. The number of halogens is 1. The van der Waals surface area contributed by atoms with Crippen molar-refractivity contribution in [3.8, 4) is 11.5 Å². The molecule has 0 spiro atoms. The van der Waals surface area contributed by atoms with Crippen molar-refractivity contribution < 1.29 is 24.2 Å². The van der Waals surface area contributed by atoms with Crippen LogP contribution in [-0.2, 0) is 11.2 Å². The van der Waals surface area contributed by atoms with Crippen LogP contribution < -0.4 is 9.47 Å². The second-order valence-electron chi connectivity index (χ2n) is 3.79. The molecule has 1 aromatic rings. The van der Waals surface area contributed by atoms with Crippen molar-refractivity contribution in [2.45, 2.75) is 12.8 Å². The fraction of sp³-hybridized carbons (Fsp3) is 0.333. The van der Waals surface area contributed by atoms with Gasteiger partial charge in [-0.15, -0.1) is 0 Å². The lowest BCUT2D eigenvalue weighted by atomic mass is 10.0. The van der Waals surface area contributed by atoms with Crippen molar-refractivity contribution in [1.82, 2.24) is 0 Å². The van der Waals surface area contributed by atoms with Crippen molar-refractivity contribution in [1.29, 1.82) is 0 Å². The molecule has 0 saturated carbocycles. The highest BCUT2D eigenvalue weighted by molar-refractivity contribution is 9.10. The number of carbonyl (C=O) groups excluding carboxylic acids is 1. The zero-order valence-electron chi connectivity index (χ0n) is 9.44. The zero-order chi connectivity index (χ0) is 13.1. The molecule has 1 N–H and O–H groups in total. The summed E-state index contributed by atoms with van der Waals surface area (Å²) >= 11 is 3.33. The Kier molecular flexibility index (Phi) is 3.86.